The molecule has 0 radical (unpaired) electrons. The Kier molecular flexibility index (Phi) is 3.09. The van der Waals surface area contributed by atoms with Gasteiger partial charge in [0.25, 0.3) is 0 Å². The van der Waals surface area contributed by atoms with Gasteiger partial charge in [-0.05, 0) is 6.42 Å². The lowest BCUT2D eigenvalue weighted by Crippen LogP contribution is -2.30. The summed E-state index contributed by atoms with van der Waals surface area (Å²) in [5.41, 5.74) is 0. The predicted octanol–water partition coefficient (Wildman–Crippen LogP) is -0.608. The van der Waals surface area contributed by atoms with Crippen molar-refractivity contribution in [3.8, 4) is 0 Å². The van der Waals surface area contributed by atoms with Crippen LogP contribution in [0, 0.1) is 5.92 Å². The van der Waals surface area contributed by atoms with Crippen molar-refractivity contribution in [2.24, 2.45) is 5.92 Å². The fraction of sp³-hybridized carbons (Fsp3) is 0.857. The summed E-state index contributed by atoms with van der Waals surface area (Å²) in [5.74, 6) is -0.0672. The topological polar surface area (TPSA) is 40.5 Å². The highest BCUT2D eigenvalue weighted by molar-refractivity contribution is 6.56. The van der Waals surface area contributed by atoms with Crippen molar-refractivity contribution in [1.82, 2.24) is 4.90 Å². The third kappa shape index (κ3) is 1.97. The molecule has 1 amide bonds. The standard InChI is InChI=1S/C7H13BFNO2/c8-7(12)10-2-1-5(4-10)6(11)3-9/h5-6,11H,1-4,8H2/t5-,6?/m0/s1. The first kappa shape index (κ1) is 9.51. The van der Waals surface area contributed by atoms with Crippen LogP contribution in [-0.2, 0) is 0 Å². The Bertz CT molecular complexity index is 179. The van der Waals surface area contributed by atoms with E-state index in [2.05, 4.69) is 0 Å². The van der Waals surface area contributed by atoms with Gasteiger partial charge in [0.2, 0.25) is 7.85 Å². The number of amides is 1. The van der Waals surface area contributed by atoms with Crippen LogP contribution in [0.15, 0.2) is 0 Å². The Labute approximate surface area is 72.0 Å². The zero-order valence-electron chi connectivity index (χ0n) is 7.16. The maximum Gasteiger partial charge on any atom is 0.215 e. The molecule has 0 saturated carbocycles. The van der Waals surface area contributed by atoms with Gasteiger partial charge in [-0.15, -0.1) is 0 Å². The van der Waals surface area contributed by atoms with Gasteiger partial charge >= 0.3 is 0 Å². The highest BCUT2D eigenvalue weighted by atomic mass is 19.1. The lowest BCUT2D eigenvalue weighted by Gasteiger charge is -2.16. The summed E-state index contributed by atoms with van der Waals surface area (Å²) in [7, 11) is 1.49. The van der Waals surface area contributed by atoms with Crippen LogP contribution in [0.4, 0.5) is 9.18 Å². The van der Waals surface area contributed by atoms with E-state index < -0.39 is 12.8 Å². The molecule has 68 valence electrons. The number of rotatable bonds is 2. The van der Waals surface area contributed by atoms with Gasteiger partial charge in [0, 0.05) is 19.0 Å². The molecular weight excluding hydrogens is 160 g/mol. The van der Waals surface area contributed by atoms with E-state index in [0.29, 0.717) is 19.5 Å². The van der Waals surface area contributed by atoms with Crippen molar-refractivity contribution in [3.63, 3.8) is 0 Å². The first-order valence-corrected chi connectivity index (χ1v) is 4.14. The Hall–Kier alpha value is -0.575. The van der Waals surface area contributed by atoms with Crippen LogP contribution < -0.4 is 0 Å². The molecule has 1 aliphatic heterocycles. The Morgan fingerprint density at radius 1 is 1.83 bits per heavy atom. The minimum Gasteiger partial charge on any atom is -0.390 e. The lowest BCUT2D eigenvalue weighted by molar-refractivity contribution is 0.0855. The molecule has 2 atom stereocenters. The summed E-state index contributed by atoms with van der Waals surface area (Å²) in [4.78, 5) is 12.5. The Morgan fingerprint density at radius 2 is 2.50 bits per heavy atom. The molecular formula is C7H13BFNO2. The van der Waals surface area contributed by atoms with Crippen molar-refractivity contribution in [3.05, 3.63) is 0 Å². The molecule has 12 heavy (non-hydrogen) atoms. The molecule has 1 saturated heterocycles. The molecule has 1 rings (SSSR count). The maximum absolute atomic E-state index is 12.0. The van der Waals surface area contributed by atoms with E-state index in [1.165, 1.54) is 7.85 Å². The molecule has 1 heterocycles. The molecule has 1 aliphatic rings. The summed E-state index contributed by atoms with van der Waals surface area (Å²) in [6.07, 6.45) is -0.181. The molecule has 0 bridgehead atoms. The quantitative estimate of drug-likeness (QED) is 0.566. The zero-order chi connectivity index (χ0) is 9.14. The van der Waals surface area contributed by atoms with Crippen molar-refractivity contribution in [2.75, 3.05) is 19.8 Å². The van der Waals surface area contributed by atoms with Crippen LogP contribution in [0.2, 0.25) is 0 Å². The van der Waals surface area contributed by atoms with E-state index in [1.54, 1.807) is 4.90 Å². The SMILES string of the molecule is BC(=O)N1CC[C@H](C(O)CF)C1. The number of alkyl halides is 1. The van der Waals surface area contributed by atoms with E-state index in [-0.39, 0.29) is 11.7 Å². The van der Waals surface area contributed by atoms with Gasteiger partial charge in [-0.2, -0.15) is 0 Å². The van der Waals surface area contributed by atoms with Gasteiger partial charge in [-0.25, -0.2) is 4.39 Å². The highest BCUT2D eigenvalue weighted by Crippen LogP contribution is 2.19. The van der Waals surface area contributed by atoms with Crippen LogP contribution in [0.25, 0.3) is 0 Å². The van der Waals surface area contributed by atoms with Crippen LogP contribution in [0.1, 0.15) is 6.42 Å². The number of carbonyl (C=O) groups is 1. The molecule has 0 spiro atoms. The second kappa shape index (κ2) is 3.89. The number of halogens is 1. The molecule has 1 unspecified atom stereocenters. The fourth-order valence-electron chi connectivity index (χ4n) is 1.51. The summed E-state index contributed by atoms with van der Waals surface area (Å²) in [6.45, 7) is 0.438. The first-order chi connectivity index (χ1) is 5.65. The molecule has 0 aromatic rings. The molecule has 1 fully saturated rings. The number of carbonyl (C=O) groups excluding carboxylic acids is 1. The van der Waals surface area contributed by atoms with Crippen molar-refractivity contribution < 1.29 is 14.3 Å². The minimum atomic E-state index is -0.894. The zero-order valence-corrected chi connectivity index (χ0v) is 7.16. The second-order valence-electron chi connectivity index (χ2n) is 3.24. The highest BCUT2D eigenvalue weighted by Gasteiger charge is 2.29. The van der Waals surface area contributed by atoms with E-state index in [0.717, 1.165) is 0 Å². The van der Waals surface area contributed by atoms with E-state index >= 15 is 0 Å². The number of hydrogen-bond donors (Lipinski definition) is 1. The molecule has 5 heteroatoms. The molecule has 1 N–H and O–H groups in total. The molecule has 0 aromatic carbocycles. The number of hydrogen-bond acceptors (Lipinski definition) is 2. The average Bonchev–Trinajstić information content (AvgIpc) is 2.51. The van der Waals surface area contributed by atoms with Crippen LogP contribution in [0.5, 0.6) is 0 Å². The number of nitrogens with zero attached hydrogens (tertiary/aromatic N) is 1. The number of likely N-dealkylation sites (tertiary alicyclic amines) is 1. The second-order valence-corrected chi connectivity index (χ2v) is 3.24. The Balaban J connectivity index is 2.40. The van der Waals surface area contributed by atoms with E-state index in [1.807, 2.05) is 0 Å². The van der Waals surface area contributed by atoms with Crippen molar-refractivity contribution >= 4 is 13.7 Å². The minimum absolute atomic E-state index is 0.00329. The van der Waals surface area contributed by atoms with Crippen molar-refractivity contribution in [1.29, 1.82) is 0 Å². The van der Waals surface area contributed by atoms with E-state index in [9.17, 15) is 9.18 Å². The average molecular weight is 173 g/mol. The van der Waals surface area contributed by atoms with Gasteiger partial charge < -0.3 is 10.0 Å². The lowest BCUT2D eigenvalue weighted by atomic mass is 10.0. The van der Waals surface area contributed by atoms with Gasteiger partial charge in [0.15, 0.2) is 5.81 Å². The fourth-order valence-corrected chi connectivity index (χ4v) is 1.51. The van der Waals surface area contributed by atoms with Gasteiger partial charge in [-0.3, -0.25) is 4.79 Å². The molecule has 0 aromatic heterocycles. The first-order valence-electron chi connectivity index (χ1n) is 4.14. The summed E-state index contributed by atoms with van der Waals surface area (Å²) in [5, 5.41) is 9.14. The van der Waals surface area contributed by atoms with E-state index in [4.69, 9.17) is 5.11 Å². The predicted molar refractivity (Wildman–Crippen MR) is 45.6 cm³/mol. The summed E-state index contributed by atoms with van der Waals surface area (Å²) < 4.78 is 12.0. The largest absolute Gasteiger partial charge is 0.390 e. The smallest absolute Gasteiger partial charge is 0.215 e. The molecule has 3 nitrogen and oxygen atoms in total. The van der Waals surface area contributed by atoms with Gasteiger partial charge in [0.1, 0.15) is 6.67 Å². The van der Waals surface area contributed by atoms with Crippen LogP contribution in [-0.4, -0.2) is 49.5 Å². The third-order valence-electron chi connectivity index (χ3n) is 2.37. The Morgan fingerprint density at radius 3 is 2.92 bits per heavy atom. The van der Waals surface area contributed by atoms with Crippen LogP contribution in [0.3, 0.4) is 0 Å². The monoisotopic (exact) mass is 173 g/mol. The van der Waals surface area contributed by atoms with Gasteiger partial charge in [0.05, 0.1) is 6.10 Å². The maximum atomic E-state index is 12.0. The van der Waals surface area contributed by atoms with Crippen LogP contribution >= 0.6 is 0 Å². The number of aliphatic hydroxyl groups is 1. The summed E-state index contributed by atoms with van der Waals surface area (Å²) in [6, 6.07) is 0. The van der Waals surface area contributed by atoms with Gasteiger partial charge in [-0.1, -0.05) is 0 Å². The molecule has 0 aliphatic carbocycles. The van der Waals surface area contributed by atoms with Crippen molar-refractivity contribution in [2.45, 2.75) is 12.5 Å². The number of aliphatic hydroxyl groups excluding tert-OH is 1. The third-order valence-corrected chi connectivity index (χ3v) is 2.37. The normalized spacial score (nSPS) is 25.8. The summed E-state index contributed by atoms with van der Waals surface area (Å²) >= 11 is 0.